The minimum absolute atomic E-state index is 0.0670. The number of benzene rings is 1. The molecule has 0 saturated carbocycles. The largest absolute Gasteiger partial charge is 0.496 e. The Bertz CT molecular complexity index is 862. The summed E-state index contributed by atoms with van der Waals surface area (Å²) in [6.07, 6.45) is 4.89. The third-order valence-corrected chi connectivity index (χ3v) is 7.49. The molecule has 0 aromatic heterocycles. The summed E-state index contributed by atoms with van der Waals surface area (Å²) in [4.78, 5) is 26.7. The van der Waals surface area contributed by atoms with Crippen LogP contribution in [0.15, 0.2) is 23.1 Å². The van der Waals surface area contributed by atoms with E-state index in [-0.39, 0.29) is 16.2 Å². The van der Waals surface area contributed by atoms with Crippen molar-refractivity contribution < 1.29 is 27.5 Å². The van der Waals surface area contributed by atoms with Gasteiger partial charge >= 0.3 is 5.97 Å². The molecule has 1 aromatic carbocycles. The Kier molecular flexibility index (Phi) is 6.79. The van der Waals surface area contributed by atoms with E-state index in [0.29, 0.717) is 32.5 Å². The average molecular weight is 425 g/mol. The zero-order valence-electron chi connectivity index (χ0n) is 16.9. The molecular formula is C20H28N2O6S. The summed E-state index contributed by atoms with van der Waals surface area (Å²) in [5.74, 6) is -0.619. The number of sulfonamides is 1. The van der Waals surface area contributed by atoms with E-state index in [1.165, 1.54) is 41.6 Å². The predicted octanol–water partition coefficient (Wildman–Crippen LogP) is 2.04. The van der Waals surface area contributed by atoms with Gasteiger partial charge in [-0.2, -0.15) is 4.31 Å². The molecule has 0 bridgehead atoms. The van der Waals surface area contributed by atoms with Gasteiger partial charge in [0.25, 0.3) is 5.91 Å². The molecule has 1 aromatic rings. The van der Waals surface area contributed by atoms with Crippen LogP contribution in [0.5, 0.6) is 5.75 Å². The van der Waals surface area contributed by atoms with E-state index in [2.05, 4.69) is 0 Å². The number of hydrogen-bond donors (Lipinski definition) is 0. The molecule has 160 valence electrons. The number of rotatable bonds is 5. The van der Waals surface area contributed by atoms with Crippen LogP contribution < -0.4 is 4.74 Å². The standard InChI is InChI=1S/C20H28N2O6S/c1-27-18-10-9-15(29(25,26)21-11-5-3-4-6-12-21)14-16(18)19(23)22-13-7-8-17(22)20(24)28-2/h9-10,14,17H,3-8,11-13H2,1-2H3/t17-/m1/s1. The third-order valence-electron chi connectivity index (χ3n) is 5.59. The van der Waals surface area contributed by atoms with Gasteiger partial charge < -0.3 is 14.4 Å². The molecular weight excluding hydrogens is 396 g/mol. The van der Waals surface area contributed by atoms with E-state index in [4.69, 9.17) is 9.47 Å². The zero-order valence-corrected chi connectivity index (χ0v) is 17.7. The van der Waals surface area contributed by atoms with Crippen LogP contribution in [0, 0.1) is 0 Å². The van der Waals surface area contributed by atoms with Crippen LogP contribution in [0.25, 0.3) is 0 Å². The summed E-state index contributed by atoms with van der Waals surface area (Å²) in [5.41, 5.74) is 0.138. The highest BCUT2D eigenvalue weighted by molar-refractivity contribution is 7.89. The molecule has 2 heterocycles. The van der Waals surface area contributed by atoms with E-state index in [0.717, 1.165) is 25.7 Å². The van der Waals surface area contributed by atoms with Gasteiger partial charge in [-0.3, -0.25) is 4.79 Å². The maximum atomic E-state index is 13.2. The predicted molar refractivity (Wildman–Crippen MR) is 106 cm³/mol. The van der Waals surface area contributed by atoms with Crippen molar-refractivity contribution in [3.05, 3.63) is 23.8 Å². The fourth-order valence-corrected chi connectivity index (χ4v) is 5.54. The molecule has 0 aliphatic carbocycles. The fraction of sp³-hybridized carbons (Fsp3) is 0.600. The summed E-state index contributed by atoms with van der Waals surface area (Å²) in [6, 6.07) is 3.68. The molecule has 2 aliphatic heterocycles. The van der Waals surface area contributed by atoms with Gasteiger partial charge in [-0.15, -0.1) is 0 Å². The van der Waals surface area contributed by atoms with Gasteiger partial charge in [-0.25, -0.2) is 13.2 Å². The Morgan fingerprint density at radius 1 is 1.00 bits per heavy atom. The molecule has 9 heteroatoms. The summed E-state index contributed by atoms with van der Waals surface area (Å²) >= 11 is 0. The van der Waals surface area contributed by atoms with Crippen LogP contribution in [-0.4, -0.2) is 69.4 Å². The van der Waals surface area contributed by atoms with Crippen LogP contribution in [0.4, 0.5) is 0 Å². The van der Waals surface area contributed by atoms with Gasteiger partial charge in [-0.1, -0.05) is 12.8 Å². The van der Waals surface area contributed by atoms with Crippen LogP contribution in [0.3, 0.4) is 0 Å². The van der Waals surface area contributed by atoms with Gasteiger partial charge in [0.15, 0.2) is 0 Å². The van der Waals surface area contributed by atoms with Crippen molar-refractivity contribution in [1.29, 1.82) is 0 Å². The molecule has 0 radical (unpaired) electrons. The summed E-state index contributed by atoms with van der Waals surface area (Å²) in [7, 11) is -0.992. The molecule has 2 saturated heterocycles. The van der Waals surface area contributed by atoms with Crippen molar-refractivity contribution in [1.82, 2.24) is 9.21 Å². The Hall–Kier alpha value is -2.13. The highest BCUT2D eigenvalue weighted by Gasteiger charge is 2.37. The van der Waals surface area contributed by atoms with Crippen molar-refractivity contribution in [3.8, 4) is 5.75 Å². The van der Waals surface area contributed by atoms with E-state index in [1.807, 2.05) is 0 Å². The molecule has 1 amide bonds. The minimum atomic E-state index is -3.71. The molecule has 8 nitrogen and oxygen atoms in total. The number of hydrogen-bond acceptors (Lipinski definition) is 6. The van der Waals surface area contributed by atoms with Crippen LogP contribution in [-0.2, 0) is 19.6 Å². The van der Waals surface area contributed by atoms with Crippen molar-refractivity contribution >= 4 is 21.9 Å². The molecule has 29 heavy (non-hydrogen) atoms. The van der Waals surface area contributed by atoms with E-state index in [9.17, 15) is 18.0 Å². The van der Waals surface area contributed by atoms with Gasteiger partial charge in [0.1, 0.15) is 11.8 Å². The number of methoxy groups -OCH3 is 2. The SMILES string of the molecule is COC(=O)[C@H]1CCCN1C(=O)c1cc(S(=O)(=O)N2CCCCCC2)ccc1OC. The second-order valence-electron chi connectivity index (χ2n) is 7.36. The van der Waals surface area contributed by atoms with E-state index >= 15 is 0 Å². The van der Waals surface area contributed by atoms with Crippen molar-refractivity contribution in [2.45, 2.75) is 49.5 Å². The Labute approximate surface area is 171 Å². The van der Waals surface area contributed by atoms with Gasteiger partial charge in [0, 0.05) is 19.6 Å². The lowest BCUT2D eigenvalue weighted by Crippen LogP contribution is -2.41. The highest BCUT2D eigenvalue weighted by atomic mass is 32.2. The topological polar surface area (TPSA) is 93.2 Å². The molecule has 1 atom stereocenters. The summed E-state index contributed by atoms with van der Waals surface area (Å²) in [5, 5.41) is 0. The molecule has 2 fully saturated rings. The highest BCUT2D eigenvalue weighted by Crippen LogP contribution is 2.29. The molecule has 0 unspecified atom stereocenters. The second kappa shape index (κ2) is 9.13. The van der Waals surface area contributed by atoms with Crippen molar-refractivity contribution in [3.63, 3.8) is 0 Å². The monoisotopic (exact) mass is 424 g/mol. The van der Waals surface area contributed by atoms with Crippen LogP contribution >= 0.6 is 0 Å². The lowest BCUT2D eigenvalue weighted by molar-refractivity contribution is -0.145. The normalized spacial score (nSPS) is 20.9. The number of carbonyl (C=O) groups excluding carboxylic acids is 2. The maximum absolute atomic E-state index is 13.2. The fourth-order valence-electron chi connectivity index (χ4n) is 3.99. The smallest absolute Gasteiger partial charge is 0.328 e. The quantitative estimate of drug-likeness (QED) is 0.672. The number of likely N-dealkylation sites (tertiary alicyclic amines) is 1. The number of esters is 1. The van der Waals surface area contributed by atoms with E-state index in [1.54, 1.807) is 0 Å². The van der Waals surface area contributed by atoms with Crippen LogP contribution in [0.2, 0.25) is 0 Å². The van der Waals surface area contributed by atoms with E-state index < -0.39 is 27.9 Å². The molecule has 0 N–H and O–H groups in total. The average Bonchev–Trinajstić information content (AvgIpc) is 3.05. The molecule has 0 spiro atoms. The van der Waals surface area contributed by atoms with Gasteiger partial charge in [-0.05, 0) is 43.9 Å². The van der Waals surface area contributed by atoms with Gasteiger partial charge in [0.05, 0.1) is 24.7 Å². The first-order valence-electron chi connectivity index (χ1n) is 9.97. The Balaban J connectivity index is 1.95. The Morgan fingerprint density at radius 2 is 1.69 bits per heavy atom. The van der Waals surface area contributed by atoms with Crippen molar-refractivity contribution in [2.24, 2.45) is 0 Å². The number of ether oxygens (including phenoxy) is 2. The number of amides is 1. The van der Waals surface area contributed by atoms with Crippen molar-refractivity contribution in [2.75, 3.05) is 33.9 Å². The zero-order chi connectivity index (χ0) is 21.0. The molecule has 2 aliphatic rings. The Morgan fingerprint density at radius 3 is 2.31 bits per heavy atom. The first kappa shape index (κ1) is 21.6. The minimum Gasteiger partial charge on any atom is -0.496 e. The first-order valence-corrected chi connectivity index (χ1v) is 11.4. The number of carbonyl (C=O) groups is 2. The number of nitrogens with zero attached hydrogens (tertiary/aromatic N) is 2. The third kappa shape index (κ3) is 4.40. The summed E-state index contributed by atoms with van der Waals surface area (Å²) in [6.45, 7) is 1.37. The lowest BCUT2D eigenvalue weighted by atomic mass is 10.1. The first-order chi connectivity index (χ1) is 13.9. The van der Waals surface area contributed by atoms with Crippen LogP contribution in [0.1, 0.15) is 48.9 Å². The van der Waals surface area contributed by atoms with Gasteiger partial charge in [0.2, 0.25) is 10.0 Å². The molecule has 3 rings (SSSR count). The summed E-state index contributed by atoms with van der Waals surface area (Å²) < 4.78 is 37.9. The maximum Gasteiger partial charge on any atom is 0.328 e. The second-order valence-corrected chi connectivity index (χ2v) is 9.30. The lowest BCUT2D eigenvalue weighted by Gasteiger charge is -2.24.